The number of anilines is 1. The van der Waals surface area contributed by atoms with E-state index in [9.17, 15) is 9.18 Å². The van der Waals surface area contributed by atoms with E-state index in [1.54, 1.807) is 19.5 Å². The minimum absolute atomic E-state index is 0.0875. The van der Waals surface area contributed by atoms with Crippen LogP contribution in [0.2, 0.25) is 0 Å². The molecule has 9 nitrogen and oxygen atoms in total. The van der Waals surface area contributed by atoms with Gasteiger partial charge in [-0.1, -0.05) is 22.6 Å². The van der Waals surface area contributed by atoms with Crippen molar-refractivity contribution in [3.63, 3.8) is 0 Å². The fourth-order valence-electron chi connectivity index (χ4n) is 2.87. The largest absolute Gasteiger partial charge is 0.495 e. The Balaban J connectivity index is 1.36. The molecule has 0 bridgehead atoms. The number of aromatic nitrogens is 4. The van der Waals surface area contributed by atoms with Crippen molar-refractivity contribution in [2.75, 3.05) is 19.0 Å². The molecule has 0 unspecified atom stereocenters. The summed E-state index contributed by atoms with van der Waals surface area (Å²) in [6.45, 7) is 2.93. The third kappa shape index (κ3) is 4.99. The molecule has 32 heavy (non-hydrogen) atoms. The number of carbonyl (C=O) groups excluding carboxylic acids is 1. The van der Waals surface area contributed by atoms with Gasteiger partial charge in [0.05, 0.1) is 23.5 Å². The molecule has 0 aliphatic rings. The molecule has 1 aromatic carbocycles. The standard InChI is InChI=1S/C21H21FN6O3S/c1-21(2,22)18-26-17(28-31-18)6-7-24-19(29)27-20-25-15-5-4-12(9-16(15)32-20)13-8-14(30-3)11-23-10-13/h4-5,8-11H,6-7H2,1-3H3,(H2,24,25,27,29). The number of halogens is 1. The monoisotopic (exact) mass is 456 g/mol. The summed E-state index contributed by atoms with van der Waals surface area (Å²) in [5.74, 6) is 0.914. The summed E-state index contributed by atoms with van der Waals surface area (Å²) in [6.07, 6.45) is 3.72. The SMILES string of the molecule is COc1cncc(-c2ccc3nc(NC(=O)NCCc4noc(C(C)(C)F)n4)sc3c2)c1. The van der Waals surface area contributed by atoms with Crippen LogP contribution in [0.15, 0.2) is 41.2 Å². The zero-order chi connectivity index (χ0) is 22.7. The van der Waals surface area contributed by atoms with Gasteiger partial charge in [0.15, 0.2) is 16.6 Å². The molecule has 166 valence electrons. The Hall–Kier alpha value is -3.60. The second-order valence-electron chi connectivity index (χ2n) is 7.43. The first-order chi connectivity index (χ1) is 15.3. The van der Waals surface area contributed by atoms with E-state index in [0.717, 1.165) is 21.3 Å². The Labute approximate surface area is 187 Å². The Morgan fingerprint density at radius 1 is 1.22 bits per heavy atom. The summed E-state index contributed by atoms with van der Waals surface area (Å²) in [5.41, 5.74) is 0.969. The number of thiazole rings is 1. The normalized spacial score (nSPS) is 11.5. The van der Waals surface area contributed by atoms with E-state index in [1.807, 2.05) is 24.3 Å². The first kappa shape index (κ1) is 21.6. The van der Waals surface area contributed by atoms with Gasteiger partial charge in [-0.3, -0.25) is 10.3 Å². The fraction of sp³-hybridized carbons (Fsp3) is 0.286. The number of hydrogen-bond donors (Lipinski definition) is 2. The highest BCUT2D eigenvalue weighted by Crippen LogP contribution is 2.31. The van der Waals surface area contributed by atoms with Gasteiger partial charge in [0.1, 0.15) is 5.75 Å². The van der Waals surface area contributed by atoms with Crippen molar-refractivity contribution in [1.29, 1.82) is 0 Å². The highest BCUT2D eigenvalue weighted by molar-refractivity contribution is 7.22. The molecule has 0 atom stereocenters. The van der Waals surface area contributed by atoms with Crippen molar-refractivity contribution in [1.82, 2.24) is 25.4 Å². The number of amides is 2. The van der Waals surface area contributed by atoms with E-state index in [2.05, 4.69) is 30.7 Å². The van der Waals surface area contributed by atoms with Crippen molar-refractivity contribution >= 4 is 32.7 Å². The third-order valence-electron chi connectivity index (χ3n) is 4.50. The number of rotatable bonds is 7. The maximum absolute atomic E-state index is 13.8. The Morgan fingerprint density at radius 2 is 2.06 bits per heavy atom. The highest BCUT2D eigenvalue weighted by Gasteiger charge is 2.26. The number of fused-ring (bicyclic) bond motifs is 1. The van der Waals surface area contributed by atoms with Gasteiger partial charge in [0.25, 0.3) is 5.89 Å². The first-order valence-electron chi connectivity index (χ1n) is 9.78. The van der Waals surface area contributed by atoms with E-state index in [0.29, 0.717) is 23.1 Å². The van der Waals surface area contributed by atoms with Crippen molar-refractivity contribution < 1.29 is 18.4 Å². The predicted molar refractivity (Wildman–Crippen MR) is 119 cm³/mol. The van der Waals surface area contributed by atoms with Crippen molar-refractivity contribution in [2.45, 2.75) is 25.9 Å². The van der Waals surface area contributed by atoms with Crippen molar-refractivity contribution in [2.24, 2.45) is 0 Å². The smallest absolute Gasteiger partial charge is 0.321 e. The van der Waals surface area contributed by atoms with Crippen molar-refractivity contribution in [3.05, 3.63) is 48.4 Å². The number of pyridine rings is 1. The molecular formula is C21H21FN6O3S. The molecule has 0 fully saturated rings. The third-order valence-corrected chi connectivity index (χ3v) is 5.44. The van der Waals surface area contributed by atoms with Crippen LogP contribution in [0.5, 0.6) is 5.75 Å². The van der Waals surface area contributed by atoms with Crippen LogP contribution < -0.4 is 15.4 Å². The van der Waals surface area contributed by atoms with Crippen molar-refractivity contribution in [3.8, 4) is 16.9 Å². The van der Waals surface area contributed by atoms with E-state index < -0.39 is 11.7 Å². The lowest BCUT2D eigenvalue weighted by Gasteiger charge is -2.05. The molecule has 3 aromatic heterocycles. The average molecular weight is 457 g/mol. The van der Waals surface area contributed by atoms with Gasteiger partial charge < -0.3 is 14.6 Å². The molecule has 0 saturated heterocycles. The number of carbonyl (C=O) groups is 1. The van der Waals surface area contributed by atoms with Gasteiger partial charge in [-0.25, -0.2) is 14.2 Å². The number of nitrogens with one attached hydrogen (secondary N) is 2. The average Bonchev–Trinajstić information content (AvgIpc) is 3.39. The number of benzene rings is 1. The van der Waals surface area contributed by atoms with Crippen LogP contribution in [0.4, 0.5) is 14.3 Å². The molecule has 0 aliphatic carbocycles. The topological polar surface area (TPSA) is 115 Å². The first-order valence-corrected chi connectivity index (χ1v) is 10.6. The number of nitrogens with zero attached hydrogens (tertiary/aromatic N) is 4. The van der Waals surface area contributed by atoms with Gasteiger partial charge in [-0.05, 0) is 37.6 Å². The number of ether oxygens (including phenoxy) is 1. The van der Waals surface area contributed by atoms with E-state index in [4.69, 9.17) is 9.26 Å². The Bertz CT molecular complexity index is 1250. The molecule has 0 radical (unpaired) electrons. The summed E-state index contributed by atoms with van der Waals surface area (Å²) in [5, 5.41) is 9.61. The summed E-state index contributed by atoms with van der Waals surface area (Å²) < 4.78 is 24.8. The summed E-state index contributed by atoms with van der Waals surface area (Å²) in [4.78, 5) is 24.8. The molecule has 0 aliphatic heterocycles. The van der Waals surface area contributed by atoms with Crippen LogP contribution in [0.1, 0.15) is 25.6 Å². The number of alkyl halides is 1. The van der Waals surface area contributed by atoms with E-state index in [-0.39, 0.29) is 12.4 Å². The lowest BCUT2D eigenvalue weighted by Crippen LogP contribution is -2.30. The van der Waals surface area contributed by atoms with Crippen LogP contribution >= 0.6 is 11.3 Å². The van der Waals surface area contributed by atoms with Gasteiger partial charge in [0, 0.05) is 24.7 Å². The Morgan fingerprint density at radius 3 is 2.81 bits per heavy atom. The van der Waals surface area contributed by atoms with Crippen LogP contribution in [0, 0.1) is 0 Å². The summed E-state index contributed by atoms with van der Waals surface area (Å²) in [6, 6.07) is 7.33. The molecule has 2 amide bonds. The van der Waals surface area contributed by atoms with E-state index >= 15 is 0 Å². The lowest BCUT2D eigenvalue weighted by atomic mass is 10.1. The van der Waals surface area contributed by atoms with Gasteiger partial charge >= 0.3 is 6.03 Å². The zero-order valence-corrected chi connectivity index (χ0v) is 18.5. The molecular weight excluding hydrogens is 435 g/mol. The number of urea groups is 1. The van der Waals surface area contributed by atoms with Crippen LogP contribution in [-0.2, 0) is 12.1 Å². The second kappa shape index (κ2) is 8.87. The highest BCUT2D eigenvalue weighted by atomic mass is 32.1. The molecule has 2 N–H and O–H groups in total. The maximum Gasteiger partial charge on any atom is 0.321 e. The quantitative estimate of drug-likeness (QED) is 0.426. The fourth-order valence-corrected chi connectivity index (χ4v) is 3.77. The Kier molecular flexibility index (Phi) is 5.99. The summed E-state index contributed by atoms with van der Waals surface area (Å²) in [7, 11) is 1.60. The molecule has 0 saturated carbocycles. The second-order valence-corrected chi connectivity index (χ2v) is 8.46. The molecule has 11 heteroatoms. The van der Waals surface area contributed by atoms with Gasteiger partial charge in [-0.15, -0.1) is 0 Å². The maximum atomic E-state index is 13.8. The molecule has 0 spiro atoms. The van der Waals surface area contributed by atoms with Crippen LogP contribution in [-0.4, -0.2) is 39.8 Å². The van der Waals surface area contributed by atoms with Gasteiger partial charge in [0.2, 0.25) is 0 Å². The number of methoxy groups -OCH3 is 1. The molecule has 4 rings (SSSR count). The minimum atomic E-state index is -1.70. The van der Waals surface area contributed by atoms with Gasteiger partial charge in [-0.2, -0.15) is 4.98 Å². The van der Waals surface area contributed by atoms with Crippen LogP contribution in [0.25, 0.3) is 21.3 Å². The van der Waals surface area contributed by atoms with E-state index in [1.165, 1.54) is 25.2 Å². The zero-order valence-electron chi connectivity index (χ0n) is 17.7. The number of hydrogen-bond acceptors (Lipinski definition) is 8. The van der Waals surface area contributed by atoms with Crippen LogP contribution in [0.3, 0.4) is 0 Å². The summed E-state index contributed by atoms with van der Waals surface area (Å²) >= 11 is 1.36. The minimum Gasteiger partial charge on any atom is -0.495 e. The lowest BCUT2D eigenvalue weighted by molar-refractivity contribution is 0.155. The molecule has 4 aromatic rings. The molecule has 3 heterocycles. The predicted octanol–water partition coefficient (Wildman–Crippen LogP) is 4.32.